The Morgan fingerprint density at radius 3 is 2.65 bits per heavy atom. The summed E-state index contributed by atoms with van der Waals surface area (Å²) in [6.45, 7) is 4.79. The Morgan fingerprint density at radius 1 is 1.10 bits per heavy atom. The van der Waals surface area contributed by atoms with E-state index in [0.29, 0.717) is 47.3 Å². The maximum Gasteiger partial charge on any atom is 0.245 e. The molecule has 5 rings (SSSR count). The van der Waals surface area contributed by atoms with Crippen molar-refractivity contribution in [1.29, 1.82) is 0 Å². The molecule has 31 heavy (non-hydrogen) atoms. The van der Waals surface area contributed by atoms with Gasteiger partial charge in [-0.2, -0.15) is 4.98 Å². The van der Waals surface area contributed by atoms with Gasteiger partial charge in [0.05, 0.1) is 30.1 Å². The molecule has 1 aliphatic rings. The van der Waals surface area contributed by atoms with Crippen LogP contribution in [0.25, 0.3) is 17.1 Å². The van der Waals surface area contributed by atoms with Crippen LogP contribution in [0.4, 0.5) is 17.6 Å². The summed E-state index contributed by atoms with van der Waals surface area (Å²) in [5.74, 6) is 1.79. The standard InChI is InChI=1S/C20H19ClN8O2/c1-13-10-17(27-31-13)18-16(21)11-22-19(25-18)24-14-2-4-15(5-3-14)29-12-23-20(26-29)28-6-8-30-9-7-28/h2-5,10-12H,6-9H2,1H3,(H,22,24,25). The predicted octanol–water partition coefficient (Wildman–Crippen LogP) is 3.25. The minimum atomic E-state index is 0.399. The summed E-state index contributed by atoms with van der Waals surface area (Å²) in [5.41, 5.74) is 2.78. The van der Waals surface area contributed by atoms with Crippen LogP contribution in [0.15, 0.2) is 47.4 Å². The van der Waals surface area contributed by atoms with Crippen LogP contribution in [0, 0.1) is 6.92 Å². The molecule has 11 heteroatoms. The smallest absolute Gasteiger partial charge is 0.245 e. The van der Waals surface area contributed by atoms with Crippen molar-refractivity contribution in [3.05, 3.63) is 53.6 Å². The highest BCUT2D eigenvalue weighted by atomic mass is 35.5. The maximum atomic E-state index is 6.23. The molecular weight excluding hydrogens is 420 g/mol. The fourth-order valence-corrected chi connectivity index (χ4v) is 3.39. The highest BCUT2D eigenvalue weighted by Gasteiger charge is 2.16. The summed E-state index contributed by atoms with van der Waals surface area (Å²) >= 11 is 6.23. The number of halogens is 1. The highest BCUT2D eigenvalue weighted by molar-refractivity contribution is 6.32. The molecule has 0 atom stereocenters. The number of aromatic nitrogens is 6. The molecule has 4 aromatic rings. The fraction of sp³-hybridized carbons (Fsp3) is 0.250. The average molecular weight is 439 g/mol. The summed E-state index contributed by atoms with van der Waals surface area (Å²) in [7, 11) is 0. The molecule has 1 saturated heterocycles. The lowest BCUT2D eigenvalue weighted by atomic mass is 10.2. The van der Waals surface area contributed by atoms with Crippen LogP contribution in [0.2, 0.25) is 5.02 Å². The molecule has 0 spiro atoms. The van der Waals surface area contributed by atoms with Gasteiger partial charge in [0.15, 0.2) is 0 Å². The number of nitrogens with one attached hydrogen (secondary N) is 1. The van der Waals surface area contributed by atoms with E-state index in [-0.39, 0.29) is 0 Å². The van der Waals surface area contributed by atoms with Gasteiger partial charge in [0.25, 0.3) is 0 Å². The van der Waals surface area contributed by atoms with Gasteiger partial charge in [-0.15, -0.1) is 5.10 Å². The first-order valence-electron chi connectivity index (χ1n) is 9.74. The van der Waals surface area contributed by atoms with E-state index in [4.69, 9.17) is 20.9 Å². The number of nitrogens with zero attached hydrogens (tertiary/aromatic N) is 7. The SMILES string of the molecule is Cc1cc(-c2nc(Nc3ccc(-n4cnc(N5CCOCC5)n4)cc3)ncc2Cl)no1. The van der Waals surface area contributed by atoms with Crippen LogP contribution in [0.5, 0.6) is 0 Å². The Labute approximate surface area is 182 Å². The number of anilines is 3. The van der Waals surface area contributed by atoms with Gasteiger partial charge in [0, 0.05) is 24.8 Å². The Hall–Kier alpha value is -3.50. The molecule has 10 nitrogen and oxygen atoms in total. The number of aryl methyl sites for hydroxylation is 1. The molecule has 1 aliphatic heterocycles. The van der Waals surface area contributed by atoms with Gasteiger partial charge in [-0.1, -0.05) is 16.8 Å². The molecule has 1 aromatic carbocycles. The minimum absolute atomic E-state index is 0.399. The zero-order chi connectivity index (χ0) is 21.2. The average Bonchev–Trinajstić information content (AvgIpc) is 3.46. The van der Waals surface area contributed by atoms with Crippen molar-refractivity contribution in [2.24, 2.45) is 0 Å². The van der Waals surface area contributed by atoms with Crippen LogP contribution in [0.3, 0.4) is 0 Å². The molecule has 1 fully saturated rings. The molecule has 0 bridgehead atoms. The molecule has 0 amide bonds. The third-order valence-corrected chi connectivity index (χ3v) is 5.05. The van der Waals surface area contributed by atoms with Crippen LogP contribution in [-0.4, -0.2) is 56.2 Å². The van der Waals surface area contributed by atoms with Gasteiger partial charge in [0.2, 0.25) is 11.9 Å². The first-order chi connectivity index (χ1) is 15.2. The topological polar surface area (TPSA) is 107 Å². The molecule has 158 valence electrons. The first-order valence-corrected chi connectivity index (χ1v) is 10.1. The molecule has 0 saturated carbocycles. The third-order valence-electron chi connectivity index (χ3n) is 4.78. The molecular formula is C20H19ClN8O2. The van der Waals surface area contributed by atoms with Crippen molar-refractivity contribution in [1.82, 2.24) is 29.9 Å². The number of benzene rings is 1. The summed E-state index contributed by atoms with van der Waals surface area (Å²) in [5, 5.41) is 12.1. The summed E-state index contributed by atoms with van der Waals surface area (Å²) in [4.78, 5) is 15.2. The zero-order valence-electron chi connectivity index (χ0n) is 16.7. The van der Waals surface area contributed by atoms with Crippen LogP contribution in [-0.2, 0) is 4.74 Å². The largest absolute Gasteiger partial charge is 0.378 e. The molecule has 0 unspecified atom stereocenters. The number of rotatable bonds is 5. The van der Waals surface area contributed by atoms with Crippen molar-refractivity contribution < 1.29 is 9.26 Å². The van der Waals surface area contributed by atoms with E-state index in [2.05, 4.69) is 35.4 Å². The molecule has 1 N–H and O–H groups in total. The van der Waals surface area contributed by atoms with Gasteiger partial charge < -0.3 is 19.5 Å². The first kappa shape index (κ1) is 19.5. The van der Waals surface area contributed by atoms with Crippen molar-refractivity contribution >= 4 is 29.2 Å². The normalized spacial score (nSPS) is 14.1. The lowest BCUT2D eigenvalue weighted by Gasteiger charge is -2.25. The van der Waals surface area contributed by atoms with E-state index in [1.807, 2.05) is 31.2 Å². The van der Waals surface area contributed by atoms with Gasteiger partial charge in [-0.3, -0.25) is 0 Å². The van der Waals surface area contributed by atoms with E-state index in [1.54, 1.807) is 17.1 Å². The second kappa shape index (κ2) is 8.32. The van der Waals surface area contributed by atoms with Crippen molar-refractivity contribution in [2.45, 2.75) is 6.92 Å². The highest BCUT2D eigenvalue weighted by Crippen LogP contribution is 2.27. The van der Waals surface area contributed by atoms with E-state index >= 15 is 0 Å². The zero-order valence-corrected chi connectivity index (χ0v) is 17.5. The maximum absolute atomic E-state index is 6.23. The van der Waals surface area contributed by atoms with Crippen LogP contribution in [0.1, 0.15) is 5.76 Å². The second-order valence-corrected chi connectivity index (χ2v) is 7.38. The van der Waals surface area contributed by atoms with Gasteiger partial charge in [-0.05, 0) is 31.2 Å². The summed E-state index contributed by atoms with van der Waals surface area (Å²) < 4.78 is 12.2. The van der Waals surface area contributed by atoms with Gasteiger partial charge in [0.1, 0.15) is 23.5 Å². The molecule has 0 aliphatic carbocycles. The number of morpholine rings is 1. The van der Waals surface area contributed by atoms with E-state index in [9.17, 15) is 0 Å². The predicted molar refractivity (Wildman–Crippen MR) is 115 cm³/mol. The van der Waals surface area contributed by atoms with Crippen LogP contribution < -0.4 is 10.2 Å². The van der Waals surface area contributed by atoms with Crippen molar-refractivity contribution in [3.63, 3.8) is 0 Å². The van der Waals surface area contributed by atoms with Gasteiger partial charge >= 0.3 is 0 Å². The lowest BCUT2D eigenvalue weighted by molar-refractivity contribution is 0.122. The minimum Gasteiger partial charge on any atom is -0.378 e. The Bertz CT molecular complexity index is 1180. The molecule has 4 heterocycles. The van der Waals surface area contributed by atoms with E-state index < -0.39 is 0 Å². The van der Waals surface area contributed by atoms with Crippen molar-refractivity contribution in [3.8, 4) is 17.1 Å². The van der Waals surface area contributed by atoms with E-state index in [0.717, 1.165) is 24.5 Å². The monoisotopic (exact) mass is 438 g/mol. The van der Waals surface area contributed by atoms with E-state index in [1.165, 1.54) is 6.20 Å². The Morgan fingerprint density at radius 2 is 1.90 bits per heavy atom. The third kappa shape index (κ3) is 4.21. The summed E-state index contributed by atoms with van der Waals surface area (Å²) in [6, 6.07) is 9.50. The molecule has 3 aromatic heterocycles. The molecule has 0 radical (unpaired) electrons. The summed E-state index contributed by atoms with van der Waals surface area (Å²) in [6.07, 6.45) is 3.24. The number of hydrogen-bond acceptors (Lipinski definition) is 9. The second-order valence-electron chi connectivity index (χ2n) is 6.97. The van der Waals surface area contributed by atoms with Crippen LogP contribution >= 0.6 is 11.6 Å². The lowest BCUT2D eigenvalue weighted by Crippen LogP contribution is -2.37. The Balaban J connectivity index is 1.31. The van der Waals surface area contributed by atoms with Gasteiger partial charge in [-0.25, -0.2) is 14.6 Å². The number of ether oxygens (including phenoxy) is 1. The number of hydrogen-bond donors (Lipinski definition) is 1. The van der Waals surface area contributed by atoms with Crippen molar-refractivity contribution in [2.75, 3.05) is 36.5 Å². The Kier molecular flexibility index (Phi) is 5.23. The fourth-order valence-electron chi connectivity index (χ4n) is 3.20. The quantitative estimate of drug-likeness (QED) is 0.502.